The standard InChI is InChI=1S/C13H12N2O3/c14-7-5-12(16)15-10-6-8-18-11-4-2-1-3-9(11)13(10)17/h1-4,10H,5-6,8H2,(H,15,16). The van der Waals surface area contributed by atoms with Crippen LogP contribution in [0.2, 0.25) is 0 Å². The molecule has 1 aromatic rings. The Morgan fingerprint density at radius 1 is 1.50 bits per heavy atom. The van der Waals surface area contributed by atoms with Crippen LogP contribution in [0.4, 0.5) is 0 Å². The van der Waals surface area contributed by atoms with Gasteiger partial charge in [0.2, 0.25) is 5.91 Å². The van der Waals surface area contributed by atoms with E-state index < -0.39 is 11.9 Å². The van der Waals surface area contributed by atoms with Crippen molar-refractivity contribution in [2.45, 2.75) is 18.9 Å². The molecular formula is C13H12N2O3. The van der Waals surface area contributed by atoms with Crippen molar-refractivity contribution >= 4 is 11.7 Å². The molecule has 0 bridgehead atoms. The van der Waals surface area contributed by atoms with Crippen LogP contribution in [0.1, 0.15) is 23.2 Å². The summed E-state index contributed by atoms with van der Waals surface area (Å²) in [6.07, 6.45) is 0.164. The number of ketones is 1. The molecule has 1 N–H and O–H groups in total. The number of rotatable bonds is 2. The number of hydrogen-bond acceptors (Lipinski definition) is 4. The second-order valence-electron chi connectivity index (χ2n) is 3.95. The van der Waals surface area contributed by atoms with E-state index in [0.29, 0.717) is 24.3 Å². The zero-order chi connectivity index (χ0) is 13.0. The highest BCUT2D eigenvalue weighted by molar-refractivity contribution is 6.04. The molecule has 0 aromatic heterocycles. The van der Waals surface area contributed by atoms with Crippen molar-refractivity contribution in [2.75, 3.05) is 6.61 Å². The van der Waals surface area contributed by atoms with E-state index in [1.54, 1.807) is 30.3 Å². The number of hydrogen-bond donors (Lipinski definition) is 1. The largest absolute Gasteiger partial charge is 0.493 e. The van der Waals surface area contributed by atoms with Crippen LogP contribution in [0.5, 0.6) is 5.75 Å². The van der Waals surface area contributed by atoms with Gasteiger partial charge in [0, 0.05) is 6.42 Å². The SMILES string of the molecule is N#CCC(=O)NC1CCOc2ccccc2C1=O. The van der Waals surface area contributed by atoms with E-state index >= 15 is 0 Å². The third-order valence-corrected chi connectivity index (χ3v) is 2.71. The zero-order valence-corrected chi connectivity index (χ0v) is 9.68. The quantitative estimate of drug-likeness (QED) is 0.843. The molecule has 5 heteroatoms. The molecule has 0 saturated heterocycles. The lowest BCUT2D eigenvalue weighted by Gasteiger charge is -2.13. The first-order valence-electron chi connectivity index (χ1n) is 5.64. The summed E-state index contributed by atoms with van der Waals surface area (Å²) < 4.78 is 5.45. The van der Waals surface area contributed by atoms with Gasteiger partial charge in [-0.3, -0.25) is 9.59 Å². The number of benzene rings is 1. The summed E-state index contributed by atoms with van der Waals surface area (Å²) in [5.41, 5.74) is 0.470. The minimum atomic E-state index is -0.616. The molecule has 1 aliphatic rings. The smallest absolute Gasteiger partial charge is 0.234 e. The van der Waals surface area contributed by atoms with Crippen molar-refractivity contribution in [1.29, 1.82) is 5.26 Å². The third-order valence-electron chi connectivity index (χ3n) is 2.71. The van der Waals surface area contributed by atoms with Crippen molar-refractivity contribution in [2.24, 2.45) is 0 Å². The monoisotopic (exact) mass is 244 g/mol. The highest BCUT2D eigenvalue weighted by atomic mass is 16.5. The average Bonchev–Trinajstić information content (AvgIpc) is 2.51. The highest BCUT2D eigenvalue weighted by Gasteiger charge is 2.27. The lowest BCUT2D eigenvalue weighted by molar-refractivity contribution is -0.120. The second kappa shape index (κ2) is 5.32. The molecule has 0 fully saturated rings. The fourth-order valence-corrected chi connectivity index (χ4v) is 1.86. The van der Waals surface area contributed by atoms with E-state index in [4.69, 9.17) is 10.00 Å². The van der Waals surface area contributed by atoms with Gasteiger partial charge < -0.3 is 10.1 Å². The fraction of sp³-hybridized carbons (Fsp3) is 0.308. The molecule has 0 saturated carbocycles. The van der Waals surface area contributed by atoms with Gasteiger partial charge in [0.15, 0.2) is 5.78 Å². The Hall–Kier alpha value is -2.35. The third kappa shape index (κ3) is 2.48. The predicted octanol–water partition coefficient (Wildman–Crippen LogP) is 1.05. The Morgan fingerprint density at radius 2 is 2.28 bits per heavy atom. The molecule has 0 aliphatic carbocycles. The minimum Gasteiger partial charge on any atom is -0.493 e. The summed E-state index contributed by atoms with van der Waals surface area (Å²) in [5, 5.41) is 11.0. The first-order chi connectivity index (χ1) is 8.72. The molecule has 1 aliphatic heterocycles. The number of carbonyl (C=O) groups is 2. The summed E-state index contributed by atoms with van der Waals surface area (Å²) in [6.45, 7) is 0.361. The minimum absolute atomic E-state index is 0.172. The predicted molar refractivity (Wildman–Crippen MR) is 63.0 cm³/mol. The van der Waals surface area contributed by atoms with Gasteiger partial charge in [-0.1, -0.05) is 12.1 Å². The van der Waals surface area contributed by atoms with Crippen LogP contribution in [0.25, 0.3) is 0 Å². The van der Waals surface area contributed by atoms with Crippen molar-refractivity contribution < 1.29 is 14.3 Å². The molecule has 0 radical (unpaired) electrons. The van der Waals surface area contributed by atoms with Crippen LogP contribution in [0.15, 0.2) is 24.3 Å². The van der Waals surface area contributed by atoms with Gasteiger partial charge in [0.1, 0.15) is 12.2 Å². The number of carbonyl (C=O) groups excluding carboxylic acids is 2. The summed E-state index contributed by atoms with van der Waals surface area (Å²) >= 11 is 0. The molecular weight excluding hydrogens is 232 g/mol. The number of ether oxygens (including phenoxy) is 1. The molecule has 92 valence electrons. The number of fused-ring (bicyclic) bond motifs is 1. The van der Waals surface area contributed by atoms with Crippen LogP contribution in [0, 0.1) is 11.3 Å². The number of nitriles is 1. The maximum atomic E-state index is 12.2. The molecule has 1 unspecified atom stereocenters. The van der Waals surface area contributed by atoms with Gasteiger partial charge in [-0.05, 0) is 12.1 Å². The Kier molecular flexibility index (Phi) is 3.58. The maximum Gasteiger partial charge on any atom is 0.234 e. The van der Waals surface area contributed by atoms with E-state index in [9.17, 15) is 9.59 Å². The van der Waals surface area contributed by atoms with Gasteiger partial charge in [0.25, 0.3) is 0 Å². The van der Waals surface area contributed by atoms with E-state index in [0.717, 1.165) is 0 Å². The van der Waals surface area contributed by atoms with Crippen LogP contribution in [-0.2, 0) is 4.79 Å². The Bertz CT molecular complexity index is 519. The van der Waals surface area contributed by atoms with Crippen LogP contribution < -0.4 is 10.1 Å². The van der Waals surface area contributed by atoms with Gasteiger partial charge in [-0.2, -0.15) is 5.26 Å². The number of para-hydroxylation sites is 1. The molecule has 1 aromatic carbocycles. The van der Waals surface area contributed by atoms with Gasteiger partial charge in [-0.25, -0.2) is 0 Å². The van der Waals surface area contributed by atoms with E-state index in [-0.39, 0.29) is 12.2 Å². The van der Waals surface area contributed by atoms with Gasteiger partial charge >= 0.3 is 0 Å². The molecule has 18 heavy (non-hydrogen) atoms. The van der Waals surface area contributed by atoms with Gasteiger partial charge in [-0.15, -0.1) is 0 Å². The zero-order valence-electron chi connectivity index (χ0n) is 9.68. The Labute approximate surface area is 104 Å². The lowest BCUT2D eigenvalue weighted by Crippen LogP contribution is -2.40. The van der Waals surface area contributed by atoms with Crippen molar-refractivity contribution in [1.82, 2.24) is 5.32 Å². The molecule has 5 nitrogen and oxygen atoms in total. The number of Topliss-reactive ketones (excluding diaryl/α,β-unsaturated/α-hetero) is 1. The second-order valence-corrected chi connectivity index (χ2v) is 3.95. The summed E-state index contributed by atoms with van der Waals surface area (Å²) in [4.78, 5) is 23.6. The van der Waals surface area contributed by atoms with Crippen molar-refractivity contribution in [3.8, 4) is 11.8 Å². The summed E-state index contributed by atoms with van der Waals surface area (Å²) in [6, 6.07) is 8.08. The van der Waals surface area contributed by atoms with Crippen molar-refractivity contribution in [3.63, 3.8) is 0 Å². The fourth-order valence-electron chi connectivity index (χ4n) is 1.86. The topological polar surface area (TPSA) is 79.2 Å². The number of nitrogens with zero attached hydrogens (tertiary/aromatic N) is 1. The van der Waals surface area contributed by atoms with Crippen LogP contribution >= 0.6 is 0 Å². The first-order valence-corrected chi connectivity index (χ1v) is 5.64. The molecule has 2 rings (SSSR count). The number of amides is 1. The first kappa shape index (κ1) is 12.1. The van der Waals surface area contributed by atoms with E-state index in [1.165, 1.54) is 0 Å². The molecule has 1 heterocycles. The van der Waals surface area contributed by atoms with Crippen molar-refractivity contribution in [3.05, 3.63) is 29.8 Å². The summed E-state index contributed by atoms with van der Waals surface area (Å²) in [5.74, 6) is -0.0656. The average molecular weight is 244 g/mol. The Balaban J connectivity index is 2.18. The van der Waals surface area contributed by atoms with E-state index in [2.05, 4.69) is 5.32 Å². The molecule has 1 atom stereocenters. The van der Waals surface area contributed by atoms with Gasteiger partial charge in [0.05, 0.1) is 24.3 Å². The van der Waals surface area contributed by atoms with Crippen LogP contribution in [0.3, 0.4) is 0 Å². The maximum absolute atomic E-state index is 12.2. The van der Waals surface area contributed by atoms with Crippen LogP contribution in [-0.4, -0.2) is 24.3 Å². The number of nitrogens with one attached hydrogen (secondary N) is 1. The Morgan fingerprint density at radius 3 is 3.06 bits per heavy atom. The highest BCUT2D eigenvalue weighted by Crippen LogP contribution is 2.23. The normalized spacial score (nSPS) is 17.9. The lowest BCUT2D eigenvalue weighted by atomic mass is 10.0. The summed E-state index contributed by atoms with van der Waals surface area (Å²) in [7, 11) is 0. The molecule has 1 amide bonds. The molecule has 0 spiro atoms. The van der Waals surface area contributed by atoms with E-state index in [1.807, 2.05) is 0 Å².